The van der Waals surface area contributed by atoms with Crippen LogP contribution in [0.25, 0.3) is 33.4 Å². The molecule has 0 fully saturated rings. The number of nitrogens with zero attached hydrogens (tertiary/aromatic N) is 6. The fourth-order valence-corrected chi connectivity index (χ4v) is 7.03. The largest absolute Gasteiger partial charge is 0.505 e. The average molecular weight is 825 g/mol. The van der Waals surface area contributed by atoms with Gasteiger partial charge in [0.15, 0.2) is 0 Å². The third-order valence-electron chi connectivity index (χ3n) is 8.99. The van der Waals surface area contributed by atoms with E-state index in [0.29, 0.717) is 65.0 Å². The molecule has 2 aromatic heterocycles. The monoisotopic (exact) mass is 824 g/mol. The third kappa shape index (κ3) is 10.2. The lowest BCUT2D eigenvalue weighted by molar-refractivity contribution is 0.232. The summed E-state index contributed by atoms with van der Waals surface area (Å²) in [5.74, 6) is 1.44. The molecule has 2 heterocycles. The maximum absolute atomic E-state index is 11.0. The second-order valence-corrected chi connectivity index (χ2v) is 17.3. The van der Waals surface area contributed by atoms with Gasteiger partial charge >= 0.3 is 0 Å². The molecule has 0 aliphatic carbocycles. The van der Waals surface area contributed by atoms with Crippen molar-refractivity contribution in [2.75, 3.05) is 26.4 Å². The summed E-state index contributed by atoms with van der Waals surface area (Å²) < 4.78 is 11.5. The standard InChI is InChI=1S/C25H27N3O3S.C19H22ClN3O3/c1-25(2,3)20-14-17(31-13-7-12-29)15-23(24(20)30)28-26-21-11-10-19(16-22(21)27-28)32-18-8-5-4-6-9-18;1-19(2,3)14-10-13(26-8-4-7-24)11-17(18(14)25)23-21-15-6-5-12(20)9-16(15)22-23/h4-6,8-11,14-16,29-30H,7,12-13H2,1-3H3;5-6,9-11,24-25H,4,7-8H2,1-3H3. The number of aromatic hydroxyl groups is 2. The molecule has 0 aliphatic heterocycles. The maximum Gasteiger partial charge on any atom is 0.147 e. The van der Waals surface area contributed by atoms with Gasteiger partial charge in [0.2, 0.25) is 0 Å². The van der Waals surface area contributed by atoms with Crippen LogP contribution in [0.2, 0.25) is 5.02 Å². The van der Waals surface area contributed by atoms with Crippen LogP contribution < -0.4 is 9.47 Å². The molecule has 4 N–H and O–H groups in total. The highest BCUT2D eigenvalue weighted by Crippen LogP contribution is 2.40. The first-order valence-corrected chi connectivity index (χ1v) is 20.2. The van der Waals surface area contributed by atoms with Gasteiger partial charge < -0.3 is 29.9 Å². The van der Waals surface area contributed by atoms with E-state index in [9.17, 15) is 10.2 Å². The van der Waals surface area contributed by atoms with Crippen molar-refractivity contribution in [1.82, 2.24) is 30.0 Å². The number of rotatable bonds is 12. The molecule has 304 valence electrons. The highest BCUT2D eigenvalue weighted by Gasteiger charge is 2.25. The molecule has 0 radical (unpaired) electrons. The minimum atomic E-state index is -0.304. The van der Waals surface area contributed by atoms with Crippen LogP contribution in [0.5, 0.6) is 23.0 Å². The van der Waals surface area contributed by atoms with Crippen LogP contribution in [0.4, 0.5) is 0 Å². The lowest BCUT2D eigenvalue weighted by atomic mass is 9.86. The second-order valence-electron chi connectivity index (χ2n) is 15.7. The van der Waals surface area contributed by atoms with Crippen molar-refractivity contribution in [2.45, 2.75) is 75.0 Å². The van der Waals surface area contributed by atoms with E-state index in [1.165, 1.54) is 9.59 Å². The number of aliphatic hydroxyl groups excluding tert-OH is 2. The first kappa shape index (κ1) is 42.3. The lowest BCUT2D eigenvalue weighted by Crippen LogP contribution is -2.14. The fourth-order valence-electron chi connectivity index (χ4n) is 6.00. The minimum Gasteiger partial charge on any atom is -0.505 e. The average Bonchev–Trinajstić information content (AvgIpc) is 3.80. The number of aromatic nitrogens is 6. The quantitative estimate of drug-likeness (QED) is 0.0870. The molecule has 0 saturated heterocycles. The van der Waals surface area contributed by atoms with Gasteiger partial charge in [-0.05, 0) is 71.5 Å². The summed E-state index contributed by atoms with van der Waals surface area (Å²) in [5, 5.41) is 58.6. The van der Waals surface area contributed by atoms with Crippen molar-refractivity contribution in [3.8, 4) is 34.4 Å². The van der Waals surface area contributed by atoms with Crippen molar-refractivity contribution in [3.63, 3.8) is 0 Å². The smallest absolute Gasteiger partial charge is 0.147 e. The van der Waals surface area contributed by atoms with Gasteiger partial charge in [-0.1, -0.05) is 83.1 Å². The van der Waals surface area contributed by atoms with Gasteiger partial charge in [0, 0.05) is 64.1 Å². The number of aliphatic hydroxyl groups is 2. The number of ether oxygens (including phenoxy) is 2. The molecule has 5 aromatic carbocycles. The molecule has 12 nitrogen and oxygen atoms in total. The number of phenolic OH excluding ortho intramolecular Hbond substituents is 2. The summed E-state index contributed by atoms with van der Waals surface area (Å²) in [6.45, 7) is 13.0. The summed E-state index contributed by atoms with van der Waals surface area (Å²) >= 11 is 7.68. The SMILES string of the molecule is CC(C)(C)c1cc(OCCCO)cc(-n2nc3ccc(Cl)cc3n2)c1O.CC(C)(C)c1cc(OCCCO)cc(-n2nc3ccc(Sc4ccccc4)cc3n2)c1O. The summed E-state index contributed by atoms with van der Waals surface area (Å²) in [5.41, 5.74) is 4.57. The molecule has 0 unspecified atom stereocenters. The van der Waals surface area contributed by atoms with E-state index in [-0.39, 0.29) is 35.5 Å². The zero-order valence-corrected chi connectivity index (χ0v) is 35.1. The zero-order valence-electron chi connectivity index (χ0n) is 33.5. The van der Waals surface area contributed by atoms with E-state index >= 15 is 0 Å². The topological polar surface area (TPSA) is 161 Å². The van der Waals surface area contributed by atoms with E-state index in [1.807, 2.05) is 90.1 Å². The third-order valence-corrected chi connectivity index (χ3v) is 10.2. The molecular weight excluding hydrogens is 776 g/mol. The summed E-state index contributed by atoms with van der Waals surface area (Å²) in [6, 6.07) is 28.5. The van der Waals surface area contributed by atoms with Crippen molar-refractivity contribution < 1.29 is 29.9 Å². The van der Waals surface area contributed by atoms with E-state index in [0.717, 1.165) is 32.0 Å². The molecule has 7 aromatic rings. The van der Waals surface area contributed by atoms with Gasteiger partial charge in [0.05, 0.1) is 13.2 Å². The Morgan fingerprint density at radius 1 is 0.569 bits per heavy atom. The molecule has 0 spiro atoms. The number of hydrogen-bond acceptors (Lipinski definition) is 11. The molecule has 14 heteroatoms. The van der Waals surface area contributed by atoms with E-state index in [2.05, 4.69) is 32.5 Å². The number of fused-ring (bicyclic) bond motifs is 2. The second kappa shape index (κ2) is 18.1. The molecule has 58 heavy (non-hydrogen) atoms. The minimum absolute atomic E-state index is 0.0595. The fraction of sp³-hybridized carbons (Fsp3) is 0.318. The van der Waals surface area contributed by atoms with Crippen LogP contribution in [0.15, 0.2) is 101 Å². The van der Waals surface area contributed by atoms with Crippen LogP contribution in [-0.2, 0) is 10.8 Å². The Kier molecular flexibility index (Phi) is 13.2. The van der Waals surface area contributed by atoms with Crippen LogP contribution in [0.1, 0.15) is 65.5 Å². The van der Waals surface area contributed by atoms with Crippen molar-refractivity contribution in [2.24, 2.45) is 0 Å². The Morgan fingerprint density at radius 3 is 1.52 bits per heavy atom. The highest BCUT2D eigenvalue weighted by molar-refractivity contribution is 7.99. The Bertz CT molecular complexity index is 2490. The van der Waals surface area contributed by atoms with E-state index in [1.54, 1.807) is 42.1 Å². The Labute approximate surface area is 347 Å². The van der Waals surface area contributed by atoms with Crippen LogP contribution in [0, 0.1) is 0 Å². The van der Waals surface area contributed by atoms with Crippen LogP contribution in [0.3, 0.4) is 0 Å². The molecular formula is C44H49ClN6O6S. The van der Waals surface area contributed by atoms with Crippen molar-refractivity contribution in [3.05, 3.63) is 107 Å². The Morgan fingerprint density at radius 2 is 1.03 bits per heavy atom. The molecule has 0 saturated carbocycles. The number of phenols is 2. The first-order chi connectivity index (χ1) is 27.6. The van der Waals surface area contributed by atoms with Gasteiger partial charge in [0.1, 0.15) is 56.4 Å². The normalized spacial score (nSPS) is 11.8. The summed E-state index contributed by atoms with van der Waals surface area (Å²) in [7, 11) is 0. The molecule has 7 rings (SSSR count). The van der Waals surface area contributed by atoms with E-state index in [4.69, 9.17) is 31.3 Å². The van der Waals surface area contributed by atoms with Gasteiger partial charge in [-0.25, -0.2) is 0 Å². The molecule has 0 aliphatic rings. The molecule has 0 amide bonds. The Hall–Kier alpha value is -5.34. The zero-order chi connectivity index (χ0) is 41.6. The van der Waals surface area contributed by atoms with Gasteiger partial charge in [-0.2, -0.15) is 0 Å². The van der Waals surface area contributed by atoms with Crippen LogP contribution in [-0.4, -0.2) is 76.8 Å². The summed E-state index contributed by atoms with van der Waals surface area (Å²) in [6.07, 6.45) is 1.07. The number of hydrogen-bond donors (Lipinski definition) is 4. The summed E-state index contributed by atoms with van der Waals surface area (Å²) in [4.78, 5) is 5.08. The van der Waals surface area contributed by atoms with Crippen molar-refractivity contribution >= 4 is 45.4 Å². The highest BCUT2D eigenvalue weighted by atomic mass is 35.5. The Balaban J connectivity index is 0.000000200. The van der Waals surface area contributed by atoms with Gasteiger partial charge in [-0.15, -0.1) is 30.0 Å². The first-order valence-electron chi connectivity index (χ1n) is 19.0. The lowest BCUT2D eigenvalue weighted by Gasteiger charge is -2.23. The van der Waals surface area contributed by atoms with E-state index < -0.39 is 0 Å². The number of benzene rings is 5. The van der Waals surface area contributed by atoms with Crippen LogP contribution >= 0.6 is 23.4 Å². The predicted octanol–water partition coefficient (Wildman–Crippen LogP) is 9.17. The van der Waals surface area contributed by atoms with Gasteiger partial charge in [0.25, 0.3) is 0 Å². The molecule has 0 atom stereocenters. The number of halogens is 1. The van der Waals surface area contributed by atoms with Crippen molar-refractivity contribution in [1.29, 1.82) is 0 Å². The van der Waals surface area contributed by atoms with Gasteiger partial charge in [-0.3, -0.25) is 0 Å². The molecule has 0 bridgehead atoms. The maximum atomic E-state index is 11.0. The predicted molar refractivity (Wildman–Crippen MR) is 228 cm³/mol.